The molecule has 5 aliphatic carbocycles. The highest BCUT2D eigenvalue weighted by atomic mass is 16.1. The summed E-state index contributed by atoms with van der Waals surface area (Å²) in [6.45, 7) is 17.4. The summed E-state index contributed by atoms with van der Waals surface area (Å²) in [4.78, 5) is 12.2. The van der Waals surface area contributed by atoms with E-state index in [4.69, 9.17) is 0 Å². The number of hydrogen-bond acceptors (Lipinski definition) is 1. The number of rotatable bonds is 1. The highest BCUT2D eigenvalue weighted by molar-refractivity contribution is 5.79. The molecule has 0 saturated heterocycles. The lowest BCUT2D eigenvalue weighted by Gasteiger charge is -2.71. The molecule has 0 amide bonds. The van der Waals surface area contributed by atoms with E-state index in [0.29, 0.717) is 33.4 Å². The first kappa shape index (κ1) is 20.3. The molecule has 0 aromatic heterocycles. The summed E-state index contributed by atoms with van der Waals surface area (Å²) in [6.07, 6.45) is 14.0. The van der Waals surface area contributed by atoms with Crippen LogP contribution in [0.5, 0.6) is 0 Å². The van der Waals surface area contributed by atoms with Crippen molar-refractivity contribution in [3.8, 4) is 0 Å². The monoisotopic (exact) mass is 396 g/mol. The first-order chi connectivity index (χ1) is 13.6. The van der Waals surface area contributed by atoms with E-state index in [1.54, 1.807) is 0 Å². The molecular weight excluding hydrogens is 352 g/mol. The number of ketones is 1. The van der Waals surface area contributed by atoms with Gasteiger partial charge >= 0.3 is 0 Å². The molecule has 29 heavy (non-hydrogen) atoms. The molecular formula is C28H44O. The van der Waals surface area contributed by atoms with Gasteiger partial charge in [-0.1, -0.05) is 39.8 Å². The van der Waals surface area contributed by atoms with E-state index in [0.717, 1.165) is 42.9 Å². The molecule has 5 rings (SSSR count). The lowest BCUT2D eigenvalue weighted by Crippen LogP contribution is -2.64. The molecule has 0 aromatic carbocycles. The Morgan fingerprint density at radius 2 is 1.66 bits per heavy atom. The van der Waals surface area contributed by atoms with E-state index in [1.165, 1.54) is 56.9 Å². The van der Waals surface area contributed by atoms with Gasteiger partial charge in [-0.15, -0.1) is 0 Å². The molecule has 162 valence electrons. The summed E-state index contributed by atoms with van der Waals surface area (Å²) in [5, 5.41) is 0. The summed E-state index contributed by atoms with van der Waals surface area (Å²) in [5.41, 5.74) is 3.32. The van der Waals surface area contributed by atoms with Crippen LogP contribution in [0.25, 0.3) is 0 Å². The first-order valence-corrected chi connectivity index (χ1v) is 12.7. The van der Waals surface area contributed by atoms with Crippen LogP contribution < -0.4 is 0 Å². The molecule has 5 fully saturated rings. The van der Waals surface area contributed by atoms with Crippen molar-refractivity contribution >= 4 is 5.78 Å². The third-order valence-electron chi connectivity index (χ3n) is 12.4. The second-order valence-electron chi connectivity index (χ2n) is 13.2. The Morgan fingerprint density at radius 1 is 0.897 bits per heavy atom. The van der Waals surface area contributed by atoms with E-state index in [-0.39, 0.29) is 0 Å². The molecule has 9 atom stereocenters. The maximum atomic E-state index is 12.2. The lowest BCUT2D eigenvalue weighted by atomic mass is 9.33. The summed E-state index contributed by atoms with van der Waals surface area (Å²) < 4.78 is 0. The number of carbonyl (C=O) groups excluding carboxylic acids is 1. The minimum absolute atomic E-state index is 0.402. The van der Waals surface area contributed by atoms with Crippen LogP contribution >= 0.6 is 0 Å². The minimum Gasteiger partial charge on any atom is -0.300 e. The molecule has 0 N–H and O–H groups in total. The predicted molar refractivity (Wildman–Crippen MR) is 120 cm³/mol. The van der Waals surface area contributed by atoms with Gasteiger partial charge in [-0.05, 0) is 116 Å². The number of carbonyl (C=O) groups is 1. The molecule has 1 heteroatoms. The zero-order valence-electron chi connectivity index (χ0n) is 19.8. The Morgan fingerprint density at radius 3 is 2.38 bits per heavy atom. The van der Waals surface area contributed by atoms with E-state index < -0.39 is 0 Å². The van der Waals surface area contributed by atoms with Crippen molar-refractivity contribution in [2.24, 2.45) is 51.2 Å². The molecule has 0 heterocycles. The normalized spacial score (nSPS) is 56.7. The number of Topliss-reactive ketones (excluding diaryl/α,β-unsaturated/α-hetero) is 1. The van der Waals surface area contributed by atoms with Crippen molar-refractivity contribution in [3.63, 3.8) is 0 Å². The molecule has 0 bridgehead atoms. The molecule has 0 aliphatic heterocycles. The summed E-state index contributed by atoms with van der Waals surface area (Å²) in [7, 11) is 0. The number of fused-ring (bicyclic) bond motifs is 7. The fourth-order valence-corrected chi connectivity index (χ4v) is 10.4. The lowest BCUT2D eigenvalue weighted by molar-refractivity contribution is -0.220. The second kappa shape index (κ2) is 6.23. The van der Waals surface area contributed by atoms with Gasteiger partial charge in [0.15, 0.2) is 0 Å². The zero-order valence-corrected chi connectivity index (χ0v) is 19.8. The summed E-state index contributed by atoms with van der Waals surface area (Å²) in [6, 6.07) is 0. The van der Waals surface area contributed by atoms with Crippen LogP contribution in [0, 0.1) is 51.2 Å². The van der Waals surface area contributed by atoms with Gasteiger partial charge < -0.3 is 0 Å². The maximum absolute atomic E-state index is 12.2. The smallest absolute Gasteiger partial charge is 0.133 e. The Labute approximate surface area is 179 Å². The van der Waals surface area contributed by atoms with Gasteiger partial charge in [0.1, 0.15) is 5.78 Å². The van der Waals surface area contributed by atoms with Crippen molar-refractivity contribution in [1.82, 2.24) is 0 Å². The average molecular weight is 397 g/mol. The Hall–Kier alpha value is -0.590. The van der Waals surface area contributed by atoms with E-state index in [1.807, 2.05) is 0 Å². The Kier molecular flexibility index (Phi) is 4.36. The third-order valence-corrected chi connectivity index (χ3v) is 12.4. The number of hydrogen-bond donors (Lipinski definition) is 0. The maximum Gasteiger partial charge on any atom is 0.133 e. The van der Waals surface area contributed by atoms with Crippen LogP contribution in [0.2, 0.25) is 0 Å². The molecule has 1 nitrogen and oxygen atoms in total. The van der Waals surface area contributed by atoms with Crippen LogP contribution in [-0.4, -0.2) is 5.78 Å². The van der Waals surface area contributed by atoms with Crippen molar-refractivity contribution in [2.75, 3.05) is 0 Å². The third kappa shape index (κ3) is 2.48. The van der Waals surface area contributed by atoms with Gasteiger partial charge in [-0.3, -0.25) is 4.79 Å². The molecule has 0 unspecified atom stereocenters. The van der Waals surface area contributed by atoms with Crippen molar-refractivity contribution in [3.05, 3.63) is 12.2 Å². The topological polar surface area (TPSA) is 17.1 Å². The van der Waals surface area contributed by atoms with Crippen molar-refractivity contribution < 1.29 is 4.79 Å². The Bertz CT molecular complexity index is 737. The average Bonchev–Trinajstić information content (AvgIpc) is 3.01. The summed E-state index contributed by atoms with van der Waals surface area (Å²) in [5.74, 6) is 4.50. The standard InChI is InChI=1S/C28H44O/c1-18(2)21-11-12-25(3)15-16-27(5)22(24(21)25)7-8-23-26(4)13-10-20(29)17-19(26)9-14-28(23,27)6/h19,21-24H,1,7-17H2,2-6H3/t19-,21+,22-,23+,24-,25+,26+,27+,28-/m0/s1. The molecule has 5 aliphatic rings. The van der Waals surface area contributed by atoms with Gasteiger partial charge in [0.25, 0.3) is 0 Å². The molecule has 5 saturated carbocycles. The minimum atomic E-state index is 0.402. The largest absolute Gasteiger partial charge is 0.300 e. The molecule has 0 aromatic rings. The Balaban J connectivity index is 1.54. The molecule has 0 spiro atoms. The fraction of sp³-hybridized carbons (Fsp3) is 0.893. The van der Waals surface area contributed by atoms with Crippen molar-refractivity contribution in [2.45, 2.75) is 105 Å². The van der Waals surface area contributed by atoms with Gasteiger partial charge in [0.05, 0.1) is 0 Å². The second-order valence-corrected chi connectivity index (χ2v) is 13.2. The highest BCUT2D eigenvalue weighted by Gasteiger charge is 2.68. The fourth-order valence-electron chi connectivity index (χ4n) is 10.4. The van der Waals surface area contributed by atoms with Gasteiger partial charge in [-0.25, -0.2) is 0 Å². The van der Waals surface area contributed by atoms with E-state index in [9.17, 15) is 4.79 Å². The highest BCUT2D eigenvalue weighted by Crippen LogP contribution is 2.76. The van der Waals surface area contributed by atoms with Crippen LogP contribution in [0.1, 0.15) is 105 Å². The van der Waals surface area contributed by atoms with E-state index >= 15 is 0 Å². The number of allylic oxidation sites excluding steroid dienone is 1. The molecule has 0 radical (unpaired) electrons. The zero-order chi connectivity index (χ0) is 20.8. The first-order valence-electron chi connectivity index (χ1n) is 12.7. The van der Waals surface area contributed by atoms with Gasteiger partial charge in [0, 0.05) is 12.8 Å². The summed E-state index contributed by atoms with van der Waals surface area (Å²) >= 11 is 0. The SMILES string of the molecule is C=C(C)[C@H]1CC[C@]2(C)CC[C@]3(C)[C@@H](CC[C@@H]4[C@]5(C)CCC(=O)C[C@@H]5CC[C@@]43C)[C@H]12. The predicted octanol–water partition coefficient (Wildman–Crippen LogP) is 7.60. The van der Waals surface area contributed by atoms with Crippen LogP contribution in [0.15, 0.2) is 12.2 Å². The van der Waals surface area contributed by atoms with Gasteiger partial charge in [0.2, 0.25) is 0 Å². The van der Waals surface area contributed by atoms with Crippen LogP contribution in [-0.2, 0) is 4.79 Å². The van der Waals surface area contributed by atoms with Gasteiger partial charge in [-0.2, -0.15) is 0 Å². The van der Waals surface area contributed by atoms with E-state index in [2.05, 4.69) is 41.2 Å². The van der Waals surface area contributed by atoms with Crippen LogP contribution in [0.4, 0.5) is 0 Å². The van der Waals surface area contributed by atoms with Crippen LogP contribution in [0.3, 0.4) is 0 Å². The quantitative estimate of drug-likeness (QED) is 0.417. The van der Waals surface area contributed by atoms with Crippen molar-refractivity contribution in [1.29, 1.82) is 0 Å².